The molecule has 1 saturated carbocycles. The molecule has 4 heterocycles. The molecule has 0 bridgehead atoms. The van der Waals surface area contributed by atoms with E-state index in [9.17, 15) is 4.79 Å². The monoisotopic (exact) mass is 388 g/mol. The minimum atomic E-state index is -0.277. The van der Waals surface area contributed by atoms with Crippen molar-refractivity contribution in [3.63, 3.8) is 0 Å². The van der Waals surface area contributed by atoms with Gasteiger partial charge < -0.3 is 14.7 Å². The molecule has 0 aromatic carbocycles. The van der Waals surface area contributed by atoms with Gasteiger partial charge in [-0.05, 0) is 43.5 Å². The molecule has 3 N–H and O–H groups in total. The molecule has 5 rings (SSSR count). The molecule has 1 fully saturated rings. The van der Waals surface area contributed by atoms with E-state index in [0.717, 1.165) is 34.8 Å². The molecule has 0 atom stereocenters. The van der Waals surface area contributed by atoms with E-state index >= 15 is 0 Å². The lowest BCUT2D eigenvalue weighted by Gasteiger charge is -2.06. The highest BCUT2D eigenvalue weighted by molar-refractivity contribution is 6.32. The predicted molar refractivity (Wildman–Crippen MR) is 108 cm³/mol. The first kappa shape index (κ1) is 17.6. The van der Waals surface area contributed by atoms with E-state index in [1.165, 1.54) is 12.8 Å². The summed E-state index contributed by atoms with van der Waals surface area (Å²) in [6, 6.07) is 4.38. The summed E-state index contributed by atoms with van der Waals surface area (Å²) in [5.74, 6) is 0.478. The summed E-state index contributed by atoms with van der Waals surface area (Å²) in [5, 5.41) is 7.71. The Morgan fingerprint density at radius 2 is 2.24 bits per heavy atom. The fourth-order valence-electron chi connectivity index (χ4n) is 3.48. The predicted octanol–water partition coefficient (Wildman–Crippen LogP) is 2.54. The Morgan fingerprint density at radius 1 is 1.34 bits per heavy atom. The molecule has 1 amide bonds. The van der Waals surface area contributed by atoms with Gasteiger partial charge in [-0.3, -0.25) is 14.8 Å². The van der Waals surface area contributed by atoms with Crippen LogP contribution in [0.5, 0.6) is 0 Å². The summed E-state index contributed by atoms with van der Waals surface area (Å²) in [6.07, 6.45) is 10.6. The van der Waals surface area contributed by atoms with E-state index in [0.29, 0.717) is 23.0 Å². The highest BCUT2D eigenvalue weighted by Crippen LogP contribution is 2.33. The van der Waals surface area contributed by atoms with Gasteiger partial charge in [-0.1, -0.05) is 0 Å². The Kier molecular flexibility index (Phi) is 4.33. The molecule has 3 aromatic heterocycles. The number of hydrogen-bond donors (Lipinski definition) is 3. The summed E-state index contributed by atoms with van der Waals surface area (Å²) in [4.78, 5) is 24.3. The Morgan fingerprint density at radius 3 is 2.97 bits per heavy atom. The van der Waals surface area contributed by atoms with Gasteiger partial charge in [0.05, 0.1) is 23.7 Å². The average molecular weight is 388 g/mol. The lowest BCUT2D eigenvalue weighted by Crippen LogP contribution is -2.16. The zero-order chi connectivity index (χ0) is 19.8. The van der Waals surface area contributed by atoms with E-state index in [1.807, 2.05) is 19.1 Å². The summed E-state index contributed by atoms with van der Waals surface area (Å²) in [6.45, 7) is 2.77. The third-order valence-electron chi connectivity index (χ3n) is 5.12. The minimum absolute atomic E-state index is 0.277. The zero-order valence-electron chi connectivity index (χ0n) is 15.9. The van der Waals surface area contributed by atoms with Crippen LogP contribution in [0, 0.1) is 6.92 Å². The van der Waals surface area contributed by atoms with Gasteiger partial charge in [-0.25, -0.2) is 5.43 Å². The summed E-state index contributed by atoms with van der Waals surface area (Å²) in [7, 11) is 0. The third-order valence-corrected chi connectivity index (χ3v) is 5.12. The van der Waals surface area contributed by atoms with Crippen LogP contribution in [0.15, 0.2) is 52.1 Å². The van der Waals surface area contributed by atoms with E-state index in [2.05, 4.69) is 30.8 Å². The van der Waals surface area contributed by atoms with Crippen molar-refractivity contribution in [3.8, 4) is 11.3 Å². The third kappa shape index (κ3) is 3.38. The Hall–Kier alpha value is -3.52. The Bertz CT molecular complexity index is 1110. The maximum Gasteiger partial charge on any atom is 0.273 e. The van der Waals surface area contributed by atoms with Crippen molar-refractivity contribution in [3.05, 3.63) is 65.2 Å². The van der Waals surface area contributed by atoms with Crippen molar-refractivity contribution in [1.29, 1.82) is 0 Å². The van der Waals surface area contributed by atoms with Gasteiger partial charge in [0.1, 0.15) is 17.2 Å². The molecular formula is C21H20N6O2. The molecule has 1 aliphatic carbocycles. The molecule has 29 heavy (non-hydrogen) atoms. The number of nitrogens with one attached hydrogen (secondary N) is 3. The van der Waals surface area contributed by atoms with Gasteiger partial charge in [0.25, 0.3) is 5.91 Å². The smallest absolute Gasteiger partial charge is 0.273 e. The molecule has 0 radical (unpaired) electrons. The first-order valence-corrected chi connectivity index (χ1v) is 9.56. The number of aromatic amines is 1. The number of nitrogens with zero attached hydrogens (tertiary/aromatic N) is 3. The molecule has 146 valence electrons. The number of hydrogen-bond acceptors (Lipinski definition) is 6. The fraction of sp³-hybridized carbons (Fsp3) is 0.238. The standard InChI is InChI=1S/C21H20N6O2/c1-12-15(10-24-13-4-5-13)19(18-3-2-8-29-18)16(25-12)9-14-20(26-27-21(14)28)17-11-22-6-7-23-17/h2-3,6-9,11,13,24-25H,4-5,10H2,1H3,(H,27,28). The van der Waals surface area contributed by atoms with Crippen molar-refractivity contribution in [2.24, 2.45) is 5.10 Å². The lowest BCUT2D eigenvalue weighted by atomic mass is 10.0. The van der Waals surface area contributed by atoms with Crippen molar-refractivity contribution in [2.45, 2.75) is 32.4 Å². The number of H-pyrrole nitrogens is 1. The van der Waals surface area contributed by atoms with Gasteiger partial charge in [0, 0.05) is 36.2 Å². The van der Waals surface area contributed by atoms with Crippen LogP contribution in [0.25, 0.3) is 17.4 Å². The lowest BCUT2D eigenvalue weighted by molar-refractivity contribution is -0.116. The van der Waals surface area contributed by atoms with Crippen LogP contribution in [0.1, 0.15) is 35.5 Å². The highest BCUT2D eigenvalue weighted by atomic mass is 16.3. The van der Waals surface area contributed by atoms with E-state index in [-0.39, 0.29) is 5.91 Å². The second-order valence-corrected chi connectivity index (χ2v) is 7.20. The van der Waals surface area contributed by atoms with Gasteiger partial charge in [-0.15, -0.1) is 0 Å². The summed E-state index contributed by atoms with van der Waals surface area (Å²) < 4.78 is 5.71. The zero-order valence-corrected chi connectivity index (χ0v) is 15.9. The van der Waals surface area contributed by atoms with Crippen LogP contribution in [-0.2, 0) is 11.3 Å². The average Bonchev–Trinajstić information content (AvgIpc) is 3.12. The number of furan rings is 1. The van der Waals surface area contributed by atoms with Crippen molar-refractivity contribution in [2.75, 3.05) is 0 Å². The van der Waals surface area contributed by atoms with E-state index in [4.69, 9.17) is 4.42 Å². The molecule has 8 heteroatoms. The van der Waals surface area contributed by atoms with Crippen LogP contribution in [-0.4, -0.2) is 32.6 Å². The number of carbonyl (C=O) groups excluding carboxylic acids is 1. The number of rotatable bonds is 6. The first-order chi connectivity index (χ1) is 14.2. The van der Waals surface area contributed by atoms with E-state index < -0.39 is 0 Å². The second-order valence-electron chi connectivity index (χ2n) is 7.20. The SMILES string of the molecule is Cc1[nH]c(C=C2C(=O)NN=C2c2cnccn2)c(-c2ccco2)c1CNC1CC1. The van der Waals surface area contributed by atoms with E-state index in [1.54, 1.807) is 30.9 Å². The number of amides is 1. The fourth-order valence-corrected chi connectivity index (χ4v) is 3.48. The van der Waals surface area contributed by atoms with Gasteiger partial charge in [-0.2, -0.15) is 5.10 Å². The molecular weight excluding hydrogens is 368 g/mol. The van der Waals surface area contributed by atoms with Crippen LogP contribution < -0.4 is 10.7 Å². The van der Waals surface area contributed by atoms with Gasteiger partial charge in [0.2, 0.25) is 0 Å². The highest BCUT2D eigenvalue weighted by Gasteiger charge is 2.28. The number of carbonyl (C=O) groups is 1. The number of hydrazone groups is 1. The molecule has 0 spiro atoms. The maximum absolute atomic E-state index is 12.5. The first-order valence-electron chi connectivity index (χ1n) is 9.56. The topological polar surface area (TPSA) is 108 Å². The van der Waals surface area contributed by atoms with Gasteiger partial charge >= 0.3 is 0 Å². The quantitative estimate of drug-likeness (QED) is 0.563. The molecule has 8 nitrogen and oxygen atoms in total. The summed E-state index contributed by atoms with van der Waals surface area (Å²) in [5.41, 5.74) is 7.89. The Labute approximate surface area is 167 Å². The van der Waals surface area contributed by atoms with Crippen LogP contribution in [0.3, 0.4) is 0 Å². The molecule has 3 aromatic rings. The molecule has 0 saturated heterocycles. The van der Waals surface area contributed by atoms with Crippen LogP contribution >= 0.6 is 0 Å². The van der Waals surface area contributed by atoms with Crippen molar-refractivity contribution >= 4 is 17.7 Å². The normalized spacial score (nSPS) is 17.6. The van der Waals surface area contributed by atoms with Gasteiger partial charge in [0.15, 0.2) is 0 Å². The van der Waals surface area contributed by atoms with Crippen molar-refractivity contribution in [1.82, 2.24) is 25.7 Å². The second kappa shape index (κ2) is 7.14. The van der Waals surface area contributed by atoms with Crippen LogP contribution in [0.4, 0.5) is 0 Å². The Balaban J connectivity index is 1.59. The number of aryl methyl sites for hydroxylation is 1. The minimum Gasteiger partial charge on any atom is -0.464 e. The maximum atomic E-state index is 12.5. The largest absolute Gasteiger partial charge is 0.464 e. The molecule has 0 unspecified atom stereocenters. The van der Waals surface area contributed by atoms with Crippen molar-refractivity contribution < 1.29 is 9.21 Å². The van der Waals surface area contributed by atoms with Crippen LogP contribution in [0.2, 0.25) is 0 Å². The molecule has 2 aliphatic rings. The summed E-state index contributed by atoms with van der Waals surface area (Å²) >= 11 is 0. The number of aromatic nitrogens is 3. The molecule has 1 aliphatic heterocycles.